The van der Waals surface area contributed by atoms with Gasteiger partial charge in [0.25, 0.3) is 0 Å². The molecule has 2 rings (SSSR count). The molecule has 2 nitrogen and oxygen atoms in total. The van der Waals surface area contributed by atoms with Crippen LogP contribution in [0.5, 0.6) is 0 Å². The van der Waals surface area contributed by atoms with Gasteiger partial charge in [-0.3, -0.25) is 0 Å². The van der Waals surface area contributed by atoms with Crippen molar-refractivity contribution in [1.29, 1.82) is 10.5 Å². The van der Waals surface area contributed by atoms with Crippen LogP contribution in [-0.2, 0) is 17.0 Å². The summed E-state index contributed by atoms with van der Waals surface area (Å²) in [5, 5.41) is 17.7. The van der Waals surface area contributed by atoms with Gasteiger partial charge < -0.3 is 7.43 Å². The Hall–Kier alpha value is 0.473. The molecular weight excluding hydrogens is 405 g/mol. The molecule has 0 aromatic carbocycles. The first-order chi connectivity index (χ1) is 8.83. The number of nitrogens with zero attached hydrogens (tertiary/aromatic N) is 2. The van der Waals surface area contributed by atoms with Crippen molar-refractivity contribution >= 4 is 37.3 Å². The largest absolute Gasteiger partial charge is 0.358 e. The third-order valence-electron chi connectivity index (χ3n) is 2.50. The average molecular weight is 430 g/mol. The van der Waals surface area contributed by atoms with E-state index in [1.54, 1.807) is 9.94 Å². The van der Waals surface area contributed by atoms with Gasteiger partial charge in [0.15, 0.2) is 0 Å². The maximum absolute atomic E-state index is 7.26. The molecule has 2 radical (unpaired) electrons. The number of nitriles is 2. The van der Waals surface area contributed by atoms with E-state index < -0.39 is 0 Å². The minimum Gasteiger partial charge on any atom is -0.358 e. The van der Waals surface area contributed by atoms with E-state index in [0.717, 1.165) is 0 Å². The first kappa shape index (κ1) is 27.8. The quantitative estimate of drug-likeness (QED) is 0.436. The zero-order chi connectivity index (χ0) is 14.5. The predicted molar refractivity (Wildman–Crippen MR) is 82.4 cm³/mol. The van der Waals surface area contributed by atoms with Crippen molar-refractivity contribution in [1.82, 2.24) is 0 Å². The summed E-state index contributed by atoms with van der Waals surface area (Å²) in [6.07, 6.45) is 15.0. The van der Waals surface area contributed by atoms with Crippen LogP contribution in [-0.4, -0.2) is 37.3 Å². The third kappa shape index (κ3) is 45.7. The fourth-order valence-electron chi connectivity index (χ4n) is 1.77. The number of rotatable bonds is 0. The van der Waals surface area contributed by atoms with E-state index >= 15 is 0 Å². The van der Waals surface area contributed by atoms with Crippen molar-refractivity contribution in [2.45, 2.75) is 64.2 Å². The van der Waals surface area contributed by atoms with Crippen LogP contribution in [0.3, 0.4) is 0 Å². The van der Waals surface area contributed by atoms with Gasteiger partial charge in [0.2, 0.25) is 0 Å². The summed E-state index contributed by atoms with van der Waals surface area (Å²) in [6, 6.07) is 0. The van der Waals surface area contributed by atoms with Gasteiger partial charge in [0.05, 0.1) is 0 Å². The Balaban J connectivity index is -0.0000000767. The van der Waals surface area contributed by atoms with E-state index in [1.807, 2.05) is 0 Å². The molecule has 0 bridgehead atoms. The van der Waals surface area contributed by atoms with E-state index in [9.17, 15) is 0 Å². The van der Waals surface area contributed by atoms with Crippen LogP contribution in [0.15, 0.2) is 0 Å². The summed E-state index contributed by atoms with van der Waals surface area (Å²) in [5.74, 6) is 0. The normalized spacial score (nSPS) is 13.5. The third-order valence-corrected chi connectivity index (χ3v) is 2.50. The summed E-state index contributed by atoms with van der Waals surface area (Å²) < 4.78 is 0. The molecule has 0 spiro atoms. The summed E-state index contributed by atoms with van der Waals surface area (Å²) >= 11 is 6.28. The van der Waals surface area contributed by atoms with Crippen molar-refractivity contribution in [3.63, 3.8) is 0 Å². The number of hydrogen-bond donors (Lipinski definition) is 0. The molecule has 2 saturated carbocycles. The van der Waals surface area contributed by atoms with Crippen molar-refractivity contribution < 1.29 is 17.0 Å². The molecule has 0 aromatic heterocycles. The summed E-state index contributed by atoms with van der Waals surface area (Å²) in [7, 11) is 0. The summed E-state index contributed by atoms with van der Waals surface area (Å²) in [4.78, 5) is 3.25. The maximum Gasteiger partial charge on any atom is -0.358 e. The van der Waals surface area contributed by atoms with Gasteiger partial charge in [-0.25, -0.2) is 0 Å². The zero-order valence-electron chi connectivity index (χ0n) is 11.9. The molecule has 0 N–H and O–H groups in total. The second-order valence-electron chi connectivity index (χ2n) is 3.72. The van der Waals surface area contributed by atoms with Crippen LogP contribution in [0, 0.1) is 27.9 Å². The minimum atomic E-state index is 0. The number of hydrogen-bond acceptors (Lipinski definition) is 2. The van der Waals surface area contributed by atoms with Gasteiger partial charge in [-0.2, -0.15) is 0 Å². The molecule has 0 saturated heterocycles. The van der Waals surface area contributed by atoms with Crippen LogP contribution in [0.4, 0.5) is 0 Å². The molecule has 0 aliphatic heterocycles. The van der Waals surface area contributed by atoms with E-state index in [4.69, 9.17) is 10.5 Å². The SMILES string of the molecule is C1CCCC1.C1CCCC1.N#C[Se].N#C[Se].[CH2]=[V].[CH3-]. The predicted octanol–water partition coefficient (Wildman–Crippen LogP) is 3.59. The second-order valence-corrected chi connectivity index (χ2v) is 4.48. The van der Waals surface area contributed by atoms with Crippen LogP contribution in [0.2, 0.25) is 0 Å². The smallest absolute Gasteiger partial charge is 0.358 e. The first-order valence-corrected chi connectivity index (χ1v) is 8.87. The van der Waals surface area contributed by atoms with E-state index in [0.29, 0.717) is 0 Å². The van der Waals surface area contributed by atoms with E-state index in [1.165, 1.54) is 64.2 Å². The Morgan fingerprint density at radius 3 is 0.737 bits per heavy atom. The van der Waals surface area contributed by atoms with Gasteiger partial charge in [-0.05, 0) is 0 Å². The van der Waals surface area contributed by atoms with Crippen molar-refractivity contribution in [3.8, 4) is 9.94 Å². The fraction of sp³-hybridized carbons (Fsp3) is 0.714. The molecule has 0 heterocycles. The maximum atomic E-state index is 7.26. The Morgan fingerprint density at radius 2 is 0.684 bits per heavy atom. The van der Waals surface area contributed by atoms with E-state index in [2.05, 4.69) is 54.2 Å². The fourth-order valence-corrected chi connectivity index (χ4v) is 1.77. The Bertz CT molecular complexity index is 167. The summed E-state index contributed by atoms with van der Waals surface area (Å²) in [5.41, 5.74) is 0. The monoisotopic (exact) mass is 432 g/mol. The van der Waals surface area contributed by atoms with Gasteiger partial charge in [0.1, 0.15) is 0 Å². The molecule has 0 atom stereocenters. The second kappa shape index (κ2) is 36.3. The summed E-state index contributed by atoms with van der Waals surface area (Å²) in [6.45, 7) is 0. The van der Waals surface area contributed by atoms with Crippen molar-refractivity contribution in [3.05, 3.63) is 7.43 Å². The van der Waals surface area contributed by atoms with Gasteiger partial charge in [0, 0.05) is 0 Å². The molecule has 0 aromatic rings. The van der Waals surface area contributed by atoms with Gasteiger partial charge in [-0.15, -0.1) is 0 Å². The molecule has 19 heavy (non-hydrogen) atoms. The molecule has 5 heteroatoms. The van der Waals surface area contributed by atoms with Gasteiger partial charge >= 0.3 is 74.7 Å². The standard InChI is InChI=1S/2C5H10.2CNSe.CH3.CH2.V/c2*1-2-4-5-3-1;2*2-1-3;;;/h2*1-5H2;;;1H3;1H2;/q;;;;-1;;. The van der Waals surface area contributed by atoms with E-state index in [-0.39, 0.29) is 7.43 Å². The topological polar surface area (TPSA) is 47.6 Å². The minimum absolute atomic E-state index is 0. The van der Waals surface area contributed by atoms with Crippen molar-refractivity contribution in [2.75, 3.05) is 0 Å². The van der Waals surface area contributed by atoms with Crippen LogP contribution < -0.4 is 0 Å². The molecule has 109 valence electrons. The van der Waals surface area contributed by atoms with Crippen molar-refractivity contribution in [2.24, 2.45) is 0 Å². The van der Waals surface area contributed by atoms with Crippen LogP contribution in [0.25, 0.3) is 0 Å². The molecule has 2 aliphatic carbocycles. The Labute approximate surface area is 145 Å². The zero-order valence-corrected chi connectivity index (χ0v) is 16.8. The first-order valence-electron chi connectivity index (χ1n) is 6.17. The molecular formula is C14H25N2Se2V-. The molecule has 0 unspecified atom stereocenters. The molecule has 0 amide bonds. The molecule has 2 fully saturated rings. The Morgan fingerprint density at radius 1 is 0.632 bits per heavy atom. The van der Waals surface area contributed by atoms with Gasteiger partial charge in [-0.1, -0.05) is 64.2 Å². The van der Waals surface area contributed by atoms with Crippen LogP contribution >= 0.6 is 0 Å². The average Bonchev–Trinajstić information content (AvgIpc) is 3.12. The molecule has 2 aliphatic rings. The van der Waals surface area contributed by atoms with Crippen LogP contribution in [0.1, 0.15) is 64.2 Å². The Kier molecular flexibility index (Phi) is 53.0.